The summed E-state index contributed by atoms with van der Waals surface area (Å²) < 4.78 is 0. The molecule has 0 saturated carbocycles. The summed E-state index contributed by atoms with van der Waals surface area (Å²) in [7, 11) is 2.76. The van der Waals surface area contributed by atoms with Gasteiger partial charge in [0.05, 0.1) is 0 Å². The van der Waals surface area contributed by atoms with Crippen molar-refractivity contribution < 1.29 is 4.79 Å². The van der Waals surface area contributed by atoms with Crippen molar-refractivity contribution in [3.05, 3.63) is 59.7 Å². The molecule has 0 aliphatic heterocycles. The summed E-state index contributed by atoms with van der Waals surface area (Å²) in [6, 6.07) is 16.2. The molecule has 0 aromatic heterocycles. The van der Waals surface area contributed by atoms with E-state index in [0.717, 1.165) is 28.7 Å². The summed E-state index contributed by atoms with van der Waals surface area (Å²) in [4.78, 5) is 12.6. The number of Topliss-reactive ketones (excluding diaryl/α,β-unsaturated/α-hetero) is 1. The molecule has 0 heterocycles. The molecule has 2 rings (SSSR count). The number of aryl methyl sites for hydroxylation is 1. The fourth-order valence-corrected chi connectivity index (χ4v) is 2.55. The number of benzene rings is 2. The van der Waals surface area contributed by atoms with Crippen molar-refractivity contribution in [2.75, 3.05) is 0 Å². The van der Waals surface area contributed by atoms with Gasteiger partial charge in [-0.2, -0.15) is 0 Å². The van der Waals surface area contributed by atoms with E-state index in [9.17, 15) is 4.79 Å². The quantitative estimate of drug-likeness (QED) is 0.457. The molecule has 2 unspecified atom stereocenters. The van der Waals surface area contributed by atoms with Gasteiger partial charge >= 0.3 is 18.9 Å². The minimum absolute atomic E-state index is 0. The zero-order chi connectivity index (χ0) is 14.5. The van der Waals surface area contributed by atoms with Gasteiger partial charge in [-0.25, -0.2) is 0 Å². The zero-order valence-corrected chi connectivity index (χ0v) is 13.3. The number of carbonyl (C=O) groups excluding carboxylic acids is 1. The molecule has 2 atom stereocenters. The molecule has 106 valence electrons. The molecule has 0 radical (unpaired) electrons. The van der Waals surface area contributed by atoms with Crippen LogP contribution in [-0.2, 0) is 0 Å². The van der Waals surface area contributed by atoms with Crippen molar-refractivity contribution in [3.8, 4) is 11.1 Å². The summed E-state index contributed by atoms with van der Waals surface area (Å²) in [6.45, 7) is 4.14. The topological polar surface area (TPSA) is 17.1 Å². The zero-order valence-electron chi connectivity index (χ0n) is 12.1. The predicted octanol–water partition coefficient (Wildman–Crippen LogP) is 4.24. The van der Waals surface area contributed by atoms with Crippen LogP contribution in [0, 0.1) is 6.92 Å². The Labute approximate surface area is 141 Å². The van der Waals surface area contributed by atoms with Crippen LogP contribution in [0.25, 0.3) is 11.1 Å². The van der Waals surface area contributed by atoms with E-state index in [1.165, 1.54) is 0 Å². The van der Waals surface area contributed by atoms with Gasteiger partial charge < -0.3 is 0 Å². The maximum absolute atomic E-state index is 12.6. The Balaban J connectivity index is 0.00000220. The van der Waals surface area contributed by atoms with E-state index in [4.69, 9.17) is 0 Å². The fourth-order valence-electron chi connectivity index (χ4n) is 2.38. The van der Waals surface area contributed by atoms with Crippen molar-refractivity contribution in [1.82, 2.24) is 0 Å². The second-order valence-corrected chi connectivity index (χ2v) is 6.44. The van der Waals surface area contributed by atoms with Gasteiger partial charge in [-0.3, -0.25) is 4.79 Å². The number of ketones is 1. The van der Waals surface area contributed by atoms with Crippen molar-refractivity contribution in [2.45, 2.75) is 32.3 Å². The predicted molar refractivity (Wildman–Crippen MR) is 96.5 cm³/mol. The van der Waals surface area contributed by atoms with E-state index in [2.05, 4.69) is 28.3 Å². The minimum atomic E-state index is 0. The van der Waals surface area contributed by atoms with Crippen molar-refractivity contribution in [2.24, 2.45) is 0 Å². The Morgan fingerprint density at radius 2 is 1.76 bits per heavy atom. The molecule has 2 aromatic rings. The number of rotatable bonds is 5. The van der Waals surface area contributed by atoms with Gasteiger partial charge in [0.15, 0.2) is 5.78 Å². The molecular weight excluding hydrogens is 270 g/mol. The van der Waals surface area contributed by atoms with Crippen LogP contribution in [0.4, 0.5) is 0 Å². The van der Waals surface area contributed by atoms with E-state index < -0.39 is 0 Å². The van der Waals surface area contributed by atoms with Crippen molar-refractivity contribution in [3.63, 3.8) is 0 Å². The second-order valence-electron chi connectivity index (χ2n) is 5.30. The first-order valence-electron chi connectivity index (χ1n) is 7.03. The number of hydrogen-bond acceptors (Lipinski definition) is 1. The number of carbonyl (C=O) groups is 1. The molecule has 0 saturated heterocycles. The monoisotopic (exact) mass is 292 g/mol. The van der Waals surface area contributed by atoms with Crippen LogP contribution in [0.2, 0.25) is 0 Å². The molecule has 0 bridgehead atoms. The van der Waals surface area contributed by atoms with Crippen LogP contribution in [0.3, 0.4) is 0 Å². The Hall–Kier alpha value is -0.863. The van der Waals surface area contributed by atoms with E-state index in [-0.39, 0.29) is 24.6 Å². The average molecular weight is 292 g/mol. The Kier molecular flexibility index (Phi) is 7.40. The second kappa shape index (κ2) is 8.55. The normalized spacial score (nSPS) is 11.6. The first kappa shape index (κ1) is 18.2. The van der Waals surface area contributed by atoms with Gasteiger partial charge in [-0.05, 0) is 35.7 Å². The average Bonchev–Trinajstić information content (AvgIpc) is 2.45. The van der Waals surface area contributed by atoms with E-state index in [1.54, 1.807) is 0 Å². The molecule has 2 aromatic carbocycles. The fraction of sp³-hybridized carbons (Fsp3) is 0.278. The molecule has 0 fully saturated rings. The molecule has 1 nitrogen and oxygen atoms in total. The van der Waals surface area contributed by atoms with Gasteiger partial charge in [0.25, 0.3) is 0 Å². The third-order valence-corrected chi connectivity index (χ3v) is 3.80. The van der Waals surface area contributed by atoms with E-state index >= 15 is 0 Å². The van der Waals surface area contributed by atoms with E-state index in [1.807, 2.05) is 43.3 Å². The molecule has 0 N–H and O–H groups in total. The van der Waals surface area contributed by atoms with Crippen LogP contribution in [0.1, 0.15) is 35.7 Å². The SMILES string of the molecule is Cc1cccc(-c2ccccc2)c1C(=O)CCC(C)P.[LiH]. The molecular formula is C18H22LiOP. The summed E-state index contributed by atoms with van der Waals surface area (Å²) in [5.74, 6) is 0.247. The van der Waals surface area contributed by atoms with Crippen LogP contribution >= 0.6 is 9.24 Å². The molecule has 0 aliphatic rings. The van der Waals surface area contributed by atoms with Crippen LogP contribution in [-0.4, -0.2) is 30.3 Å². The first-order chi connectivity index (χ1) is 9.59. The summed E-state index contributed by atoms with van der Waals surface area (Å²) >= 11 is 0. The molecule has 0 aliphatic carbocycles. The summed E-state index contributed by atoms with van der Waals surface area (Å²) in [5, 5.41) is 0. The van der Waals surface area contributed by atoms with Crippen LogP contribution in [0.15, 0.2) is 48.5 Å². The van der Waals surface area contributed by atoms with Crippen molar-refractivity contribution >= 4 is 33.9 Å². The van der Waals surface area contributed by atoms with E-state index in [0.29, 0.717) is 12.1 Å². The third kappa shape index (κ3) is 4.82. The Bertz CT molecular complexity index is 593. The molecule has 3 heteroatoms. The van der Waals surface area contributed by atoms with Gasteiger partial charge in [-0.1, -0.05) is 55.5 Å². The Morgan fingerprint density at radius 3 is 2.38 bits per heavy atom. The van der Waals surface area contributed by atoms with Crippen LogP contribution < -0.4 is 0 Å². The third-order valence-electron chi connectivity index (χ3n) is 3.46. The maximum atomic E-state index is 12.6. The molecule has 0 amide bonds. The van der Waals surface area contributed by atoms with Crippen LogP contribution in [0.5, 0.6) is 0 Å². The van der Waals surface area contributed by atoms with Gasteiger partial charge in [0.1, 0.15) is 0 Å². The molecule has 21 heavy (non-hydrogen) atoms. The number of hydrogen-bond donors (Lipinski definition) is 0. The summed E-state index contributed by atoms with van der Waals surface area (Å²) in [5.41, 5.74) is 4.57. The Morgan fingerprint density at radius 1 is 1.10 bits per heavy atom. The summed E-state index contributed by atoms with van der Waals surface area (Å²) in [6.07, 6.45) is 1.52. The standard InChI is InChI=1S/C18H21OP.Li.H/c1-13-7-6-10-16(15-8-4-3-5-9-15)18(13)17(19)12-11-14(2)20;;/h3-10,14H,11-12,20H2,1-2H3;;. The van der Waals surface area contributed by atoms with Gasteiger partial charge in [0.2, 0.25) is 0 Å². The van der Waals surface area contributed by atoms with Gasteiger partial charge in [-0.15, -0.1) is 9.24 Å². The van der Waals surface area contributed by atoms with Gasteiger partial charge in [0, 0.05) is 12.0 Å². The molecule has 0 spiro atoms. The first-order valence-corrected chi connectivity index (χ1v) is 7.70. The van der Waals surface area contributed by atoms with Crippen molar-refractivity contribution in [1.29, 1.82) is 0 Å².